The molecule has 12 nitrogen and oxygen atoms in total. The summed E-state index contributed by atoms with van der Waals surface area (Å²) in [6.07, 6.45) is -1.44. The molecule has 294 valence electrons. The fraction of sp³-hybridized carbons (Fsp3) is 0.341. The molecule has 0 radical (unpaired) electrons. The lowest BCUT2D eigenvalue weighted by Gasteiger charge is -2.37. The molecule has 2 heterocycles. The first-order valence-corrected chi connectivity index (χ1v) is 18.3. The summed E-state index contributed by atoms with van der Waals surface area (Å²) in [4.78, 5) is 30.3. The van der Waals surface area contributed by atoms with Gasteiger partial charge in [0.05, 0.1) is 20.8 Å². The maximum absolute atomic E-state index is 13.5. The first-order valence-electron chi connectivity index (χ1n) is 18.3. The summed E-state index contributed by atoms with van der Waals surface area (Å²) < 4.78 is 43.4. The van der Waals surface area contributed by atoms with Gasteiger partial charge in [-0.05, 0) is 70.1 Å². The van der Waals surface area contributed by atoms with Gasteiger partial charge < -0.3 is 38.5 Å². The van der Waals surface area contributed by atoms with Crippen molar-refractivity contribution in [1.82, 2.24) is 9.55 Å². The highest BCUT2D eigenvalue weighted by Gasteiger charge is 2.48. The van der Waals surface area contributed by atoms with E-state index in [0.717, 1.165) is 22.3 Å². The maximum Gasteiger partial charge on any atom is 0.351 e. The fourth-order valence-electron chi connectivity index (χ4n) is 6.94. The summed E-state index contributed by atoms with van der Waals surface area (Å²) in [6.45, 7) is 6.15. The minimum absolute atomic E-state index is 0.00225. The monoisotopic (exact) mass is 763 g/mol. The Morgan fingerprint density at radius 1 is 0.714 bits per heavy atom. The first kappa shape index (κ1) is 40.1. The van der Waals surface area contributed by atoms with Gasteiger partial charge in [0.15, 0.2) is 12.8 Å². The van der Waals surface area contributed by atoms with Crippen molar-refractivity contribution in [3.05, 3.63) is 148 Å². The number of anilines is 1. The largest absolute Gasteiger partial charge is 0.497 e. The zero-order valence-corrected chi connectivity index (χ0v) is 32.8. The number of amides is 1. The molecule has 56 heavy (non-hydrogen) atoms. The van der Waals surface area contributed by atoms with Gasteiger partial charge in [0, 0.05) is 20.4 Å². The Morgan fingerprint density at radius 3 is 1.77 bits per heavy atom. The van der Waals surface area contributed by atoms with Crippen LogP contribution in [0.5, 0.6) is 17.2 Å². The highest BCUT2D eigenvalue weighted by molar-refractivity contribution is 5.90. The minimum Gasteiger partial charge on any atom is -0.497 e. The second kappa shape index (κ2) is 17.5. The molecule has 1 fully saturated rings. The van der Waals surface area contributed by atoms with Crippen molar-refractivity contribution in [1.29, 1.82) is 0 Å². The Balaban J connectivity index is 1.23. The Kier molecular flexibility index (Phi) is 12.6. The third-order valence-electron chi connectivity index (χ3n) is 9.93. The third-order valence-corrected chi connectivity index (χ3v) is 9.93. The number of carbonyl (C=O) groups excluding carboxylic acids is 1. The summed E-state index contributed by atoms with van der Waals surface area (Å²) in [7, 11) is 6.34. The number of hydrogen-bond donors (Lipinski definition) is 1. The smallest absolute Gasteiger partial charge is 0.351 e. The predicted octanol–water partition coefficient (Wildman–Crippen LogP) is 6.51. The van der Waals surface area contributed by atoms with Crippen LogP contribution in [0.3, 0.4) is 0 Å². The van der Waals surface area contributed by atoms with E-state index >= 15 is 0 Å². The van der Waals surface area contributed by atoms with Crippen LogP contribution in [0.1, 0.15) is 49.3 Å². The lowest BCUT2D eigenvalue weighted by atomic mass is 9.80. The molecule has 0 spiro atoms. The Hall–Kier alpha value is -5.53. The highest BCUT2D eigenvalue weighted by Crippen LogP contribution is 2.43. The van der Waals surface area contributed by atoms with Crippen molar-refractivity contribution >= 4 is 11.7 Å². The van der Waals surface area contributed by atoms with Gasteiger partial charge in [0.1, 0.15) is 47.0 Å². The van der Waals surface area contributed by atoms with Gasteiger partial charge >= 0.3 is 5.69 Å². The Morgan fingerprint density at radius 2 is 1.25 bits per heavy atom. The van der Waals surface area contributed by atoms with Crippen LogP contribution in [0.15, 0.2) is 120 Å². The summed E-state index contributed by atoms with van der Waals surface area (Å²) >= 11 is 0. The minimum atomic E-state index is -1.11. The number of aromatic nitrogens is 2. The van der Waals surface area contributed by atoms with E-state index < -0.39 is 41.7 Å². The van der Waals surface area contributed by atoms with Crippen molar-refractivity contribution in [3.63, 3.8) is 0 Å². The topological polar surface area (TPSA) is 129 Å². The average molecular weight is 764 g/mol. The molecule has 1 aliphatic heterocycles. The molecule has 0 bridgehead atoms. The van der Waals surface area contributed by atoms with Crippen LogP contribution in [0.2, 0.25) is 0 Å². The number of benzene rings is 4. The first-order chi connectivity index (χ1) is 27.0. The van der Waals surface area contributed by atoms with Gasteiger partial charge in [-0.2, -0.15) is 4.98 Å². The number of carbonyl (C=O) groups is 1. The maximum atomic E-state index is 13.5. The van der Waals surface area contributed by atoms with Crippen LogP contribution in [0.4, 0.5) is 5.82 Å². The van der Waals surface area contributed by atoms with Gasteiger partial charge in [0.25, 0.3) is 5.91 Å². The molecule has 4 aromatic carbocycles. The van der Waals surface area contributed by atoms with E-state index in [1.807, 2.05) is 103 Å². The Bertz CT molecular complexity index is 2050. The molecule has 1 saturated heterocycles. The molecular formula is C44H49N3O9. The van der Waals surface area contributed by atoms with Crippen molar-refractivity contribution in [3.8, 4) is 17.2 Å². The van der Waals surface area contributed by atoms with Crippen LogP contribution >= 0.6 is 0 Å². The van der Waals surface area contributed by atoms with Crippen molar-refractivity contribution in [2.45, 2.75) is 56.3 Å². The summed E-state index contributed by atoms with van der Waals surface area (Å²) in [5.74, 6) is 1.57. The predicted molar refractivity (Wildman–Crippen MR) is 212 cm³/mol. The molecule has 0 saturated carbocycles. The zero-order chi connectivity index (χ0) is 39.9. The molecule has 1 aromatic heterocycles. The molecule has 5 aromatic rings. The molecule has 12 heteroatoms. The lowest BCUT2D eigenvalue weighted by Crippen LogP contribution is -2.41. The summed E-state index contributed by atoms with van der Waals surface area (Å²) in [6, 6.07) is 34.5. The quantitative estimate of drug-likeness (QED) is 0.118. The van der Waals surface area contributed by atoms with Gasteiger partial charge in [-0.15, -0.1) is 0 Å². The molecule has 4 atom stereocenters. The number of methoxy groups -OCH3 is 4. The molecule has 1 aliphatic rings. The van der Waals surface area contributed by atoms with E-state index in [0.29, 0.717) is 17.2 Å². The van der Waals surface area contributed by atoms with Gasteiger partial charge in [0.2, 0.25) is 0 Å². The molecule has 6 rings (SSSR count). The number of nitrogens with zero attached hydrogens (tertiary/aromatic N) is 2. The highest BCUT2D eigenvalue weighted by atomic mass is 16.6. The normalized spacial score (nSPS) is 18.3. The van der Waals surface area contributed by atoms with Gasteiger partial charge in [-0.1, -0.05) is 87.5 Å². The van der Waals surface area contributed by atoms with E-state index in [1.54, 1.807) is 21.3 Å². The Labute approximate surface area is 327 Å². The molecule has 1 N–H and O–H groups in total. The van der Waals surface area contributed by atoms with Crippen LogP contribution in [0, 0.1) is 0 Å². The van der Waals surface area contributed by atoms with Gasteiger partial charge in [-0.3, -0.25) is 9.36 Å². The van der Waals surface area contributed by atoms with Crippen molar-refractivity contribution in [2.24, 2.45) is 0 Å². The van der Waals surface area contributed by atoms with Crippen molar-refractivity contribution in [2.75, 3.05) is 47.0 Å². The second-order valence-electron chi connectivity index (χ2n) is 14.4. The van der Waals surface area contributed by atoms with Crippen LogP contribution in [0.25, 0.3) is 0 Å². The number of ether oxygens (including phenoxy) is 7. The number of hydrogen-bond acceptors (Lipinski definition) is 10. The number of nitrogens with one attached hydrogen (secondary N) is 1. The average Bonchev–Trinajstić information content (AvgIpc) is 3.58. The number of rotatable bonds is 15. The third kappa shape index (κ3) is 8.63. The van der Waals surface area contributed by atoms with Gasteiger partial charge in [-0.25, -0.2) is 4.79 Å². The van der Waals surface area contributed by atoms with E-state index in [-0.39, 0.29) is 24.4 Å². The SMILES string of the molecule is COc1ccc(C(OC[C@H]2O[C@@H](n3ccc(NC(=O)COc4ccc(C(C)(C)C)cc4)nc3=O)[C@H](OC)[C@@H]2OC)(c2ccccc2)c2ccc(OC)cc2)cc1. The molecular weight excluding hydrogens is 714 g/mol. The van der Waals surface area contributed by atoms with Crippen LogP contribution in [-0.2, 0) is 34.8 Å². The van der Waals surface area contributed by atoms with E-state index in [9.17, 15) is 9.59 Å². The fourth-order valence-corrected chi connectivity index (χ4v) is 6.94. The van der Waals surface area contributed by atoms with Crippen LogP contribution in [-0.4, -0.2) is 75.4 Å². The zero-order valence-electron chi connectivity index (χ0n) is 32.8. The summed E-state index contributed by atoms with van der Waals surface area (Å²) in [5, 5.41) is 2.64. The van der Waals surface area contributed by atoms with E-state index in [1.165, 1.54) is 23.9 Å². The lowest BCUT2D eigenvalue weighted by molar-refractivity contribution is -0.118. The summed E-state index contributed by atoms with van der Waals surface area (Å²) in [5.41, 5.74) is 1.97. The molecule has 0 unspecified atom stereocenters. The molecule has 1 amide bonds. The standard InChI is InChI=1S/C44H49N3O9/c1-43(2,3)29-13-23-35(24-14-29)54-28-38(48)45-37-25-26-47(42(49)46-37)41-40(53-7)39(52-6)36(56-41)27-55-44(30-11-9-8-10-12-30,31-15-19-33(50-4)20-16-31)32-17-21-34(51-5)22-18-32/h8-26,36,39-41H,27-28H2,1-7H3,(H,45,46,48,49)/t36-,39-,40-,41-/m1/s1. The van der Waals surface area contributed by atoms with E-state index in [2.05, 4.69) is 31.1 Å². The second-order valence-corrected chi connectivity index (χ2v) is 14.4. The van der Waals surface area contributed by atoms with Crippen LogP contribution < -0.4 is 25.2 Å². The van der Waals surface area contributed by atoms with Crippen molar-refractivity contribution < 1.29 is 38.0 Å². The van der Waals surface area contributed by atoms with E-state index in [4.69, 9.17) is 33.2 Å². The molecule has 0 aliphatic carbocycles.